The first-order valence-corrected chi connectivity index (χ1v) is 8.05. The molecule has 126 valence electrons. The second kappa shape index (κ2) is 11.1. The van der Waals surface area contributed by atoms with E-state index in [1.807, 2.05) is 65.0 Å². The van der Waals surface area contributed by atoms with Crippen LogP contribution in [0.3, 0.4) is 0 Å². The van der Waals surface area contributed by atoms with Gasteiger partial charge in [-0.15, -0.1) is 0 Å². The van der Waals surface area contributed by atoms with Gasteiger partial charge in [0.15, 0.2) is 0 Å². The first-order chi connectivity index (χ1) is 10.4. The van der Waals surface area contributed by atoms with Gasteiger partial charge in [-0.1, -0.05) is 44.2 Å². The molecule has 0 spiro atoms. The first kappa shape index (κ1) is 20.5. The van der Waals surface area contributed by atoms with Gasteiger partial charge in [0.1, 0.15) is 5.60 Å². The van der Waals surface area contributed by atoms with Crippen LogP contribution in [0.5, 0.6) is 0 Å². The summed E-state index contributed by atoms with van der Waals surface area (Å²) < 4.78 is 5.16. The number of rotatable bonds is 6. The molecule has 1 aromatic carbocycles. The summed E-state index contributed by atoms with van der Waals surface area (Å²) in [6, 6.07) is 9.93. The molecule has 4 heteroatoms. The van der Waals surface area contributed by atoms with Crippen molar-refractivity contribution in [3.63, 3.8) is 0 Å². The largest absolute Gasteiger partial charge is 0.444 e. The lowest BCUT2D eigenvalue weighted by molar-refractivity contribution is 0.0526. The lowest BCUT2D eigenvalue weighted by Crippen LogP contribution is -2.33. The molecule has 0 bridgehead atoms. The van der Waals surface area contributed by atoms with Crippen LogP contribution in [0.15, 0.2) is 30.3 Å². The number of nitrogens with one attached hydrogen (secondary N) is 1. The third kappa shape index (κ3) is 9.40. The Morgan fingerprint density at radius 1 is 1.23 bits per heavy atom. The molecule has 0 heterocycles. The molecule has 0 saturated carbocycles. The van der Waals surface area contributed by atoms with E-state index in [2.05, 4.69) is 5.32 Å². The summed E-state index contributed by atoms with van der Waals surface area (Å²) >= 11 is 0. The van der Waals surface area contributed by atoms with Crippen molar-refractivity contribution in [1.29, 1.82) is 0 Å². The molecule has 1 amide bonds. The Bertz CT molecular complexity index is 399. The van der Waals surface area contributed by atoms with Crippen LogP contribution in [0, 0.1) is 0 Å². The third-order valence-corrected chi connectivity index (χ3v) is 2.89. The van der Waals surface area contributed by atoms with Crippen molar-refractivity contribution in [2.75, 3.05) is 13.2 Å². The van der Waals surface area contributed by atoms with Crippen molar-refractivity contribution in [2.24, 2.45) is 0 Å². The molecule has 1 atom stereocenters. The summed E-state index contributed by atoms with van der Waals surface area (Å²) in [6.45, 7) is 10.2. The van der Waals surface area contributed by atoms with E-state index in [9.17, 15) is 9.90 Å². The number of amides is 1. The van der Waals surface area contributed by atoms with E-state index in [0.29, 0.717) is 6.54 Å². The van der Waals surface area contributed by atoms with Crippen LogP contribution in [-0.4, -0.2) is 30.0 Å². The minimum atomic E-state index is -0.470. The molecule has 1 aromatic rings. The number of carbonyl (C=O) groups excluding carboxylic acids is 1. The lowest BCUT2D eigenvalue weighted by Gasteiger charge is -2.20. The Hall–Kier alpha value is -1.55. The number of alkyl carbamates (subject to hydrolysis) is 1. The second-order valence-corrected chi connectivity index (χ2v) is 5.86. The lowest BCUT2D eigenvalue weighted by atomic mass is 9.95. The fraction of sp³-hybridized carbons (Fsp3) is 0.611. The van der Waals surface area contributed by atoms with E-state index in [4.69, 9.17) is 4.74 Å². The number of benzene rings is 1. The van der Waals surface area contributed by atoms with E-state index in [1.165, 1.54) is 0 Å². The number of hydrogen-bond donors (Lipinski definition) is 2. The molecule has 4 nitrogen and oxygen atoms in total. The smallest absolute Gasteiger partial charge is 0.407 e. The average molecular weight is 309 g/mol. The molecule has 0 radical (unpaired) electrons. The maximum Gasteiger partial charge on any atom is 0.407 e. The minimum absolute atomic E-state index is 0.121. The summed E-state index contributed by atoms with van der Waals surface area (Å²) in [5.74, 6) is 0.122. The maximum atomic E-state index is 11.5. The highest BCUT2D eigenvalue weighted by molar-refractivity contribution is 5.67. The van der Waals surface area contributed by atoms with Crippen LogP contribution < -0.4 is 5.32 Å². The van der Waals surface area contributed by atoms with Gasteiger partial charge in [0, 0.05) is 19.1 Å². The van der Waals surface area contributed by atoms with Gasteiger partial charge in [-0.3, -0.25) is 0 Å². The van der Waals surface area contributed by atoms with E-state index in [-0.39, 0.29) is 12.5 Å². The highest BCUT2D eigenvalue weighted by atomic mass is 16.6. The fourth-order valence-electron chi connectivity index (χ4n) is 1.94. The van der Waals surface area contributed by atoms with Crippen molar-refractivity contribution >= 4 is 6.09 Å². The first-order valence-electron chi connectivity index (χ1n) is 8.05. The number of carbonyl (C=O) groups is 1. The summed E-state index contributed by atoms with van der Waals surface area (Å²) in [5, 5.41) is 12.2. The number of ether oxygens (including phenoxy) is 1. The quantitative estimate of drug-likeness (QED) is 0.778. The van der Waals surface area contributed by atoms with Crippen LogP contribution >= 0.6 is 0 Å². The Morgan fingerprint density at radius 3 is 2.32 bits per heavy atom. The van der Waals surface area contributed by atoms with Gasteiger partial charge in [0.25, 0.3) is 0 Å². The van der Waals surface area contributed by atoms with E-state index >= 15 is 0 Å². The molecule has 1 rings (SSSR count). The summed E-state index contributed by atoms with van der Waals surface area (Å²) in [6.07, 6.45) is 1.24. The molecule has 0 aliphatic rings. The van der Waals surface area contributed by atoms with Crippen molar-refractivity contribution in [2.45, 2.75) is 59.0 Å². The minimum Gasteiger partial charge on any atom is -0.444 e. The molecular weight excluding hydrogens is 278 g/mol. The molecule has 2 N–H and O–H groups in total. The van der Waals surface area contributed by atoms with Gasteiger partial charge in [0.05, 0.1) is 0 Å². The van der Waals surface area contributed by atoms with Gasteiger partial charge in [-0.2, -0.15) is 0 Å². The zero-order valence-corrected chi connectivity index (χ0v) is 14.6. The van der Waals surface area contributed by atoms with E-state index in [1.54, 1.807) is 0 Å². The molecule has 22 heavy (non-hydrogen) atoms. The van der Waals surface area contributed by atoms with E-state index < -0.39 is 11.7 Å². The molecule has 1 unspecified atom stereocenters. The number of hydrogen-bond acceptors (Lipinski definition) is 3. The van der Waals surface area contributed by atoms with Gasteiger partial charge in [-0.05, 0) is 39.2 Å². The third-order valence-electron chi connectivity index (χ3n) is 2.89. The van der Waals surface area contributed by atoms with Gasteiger partial charge < -0.3 is 15.2 Å². The van der Waals surface area contributed by atoms with Gasteiger partial charge >= 0.3 is 6.09 Å². The monoisotopic (exact) mass is 309 g/mol. The van der Waals surface area contributed by atoms with E-state index in [0.717, 1.165) is 18.4 Å². The maximum absolute atomic E-state index is 11.5. The van der Waals surface area contributed by atoms with Crippen LogP contribution in [0.2, 0.25) is 0 Å². The standard InChI is InChI=1S/C16H25NO3.C2H6/c1-16(2,3)20-15(19)17-11-7-10-14(12-18)13-8-5-4-6-9-13;1-2/h4-6,8-9,14,18H,7,10-12H2,1-3H3,(H,17,19);1-2H3. The average Bonchev–Trinajstić information content (AvgIpc) is 2.48. The summed E-state index contributed by atoms with van der Waals surface area (Å²) in [5.41, 5.74) is 0.661. The Morgan fingerprint density at radius 2 is 1.82 bits per heavy atom. The number of aliphatic hydroxyl groups is 1. The van der Waals surface area contributed by atoms with Crippen molar-refractivity contribution < 1.29 is 14.6 Å². The van der Waals surface area contributed by atoms with Crippen molar-refractivity contribution in [3.05, 3.63) is 35.9 Å². The van der Waals surface area contributed by atoms with Gasteiger partial charge in [0.2, 0.25) is 0 Å². The Balaban J connectivity index is 0.00000211. The van der Waals surface area contributed by atoms with Crippen molar-refractivity contribution in [3.8, 4) is 0 Å². The van der Waals surface area contributed by atoms with Crippen molar-refractivity contribution in [1.82, 2.24) is 5.32 Å². The molecule has 0 aliphatic carbocycles. The van der Waals surface area contributed by atoms with Crippen LogP contribution in [0.4, 0.5) is 4.79 Å². The molecule has 0 fully saturated rings. The molecule has 0 saturated heterocycles. The molecule has 0 aromatic heterocycles. The predicted octanol–water partition coefficient (Wildman–Crippen LogP) is 4.09. The second-order valence-electron chi connectivity index (χ2n) is 5.86. The van der Waals surface area contributed by atoms with Gasteiger partial charge in [-0.25, -0.2) is 4.79 Å². The molecule has 0 aliphatic heterocycles. The SMILES string of the molecule is CC.CC(C)(C)OC(=O)NCCCC(CO)c1ccccc1. The van der Waals surface area contributed by atoms with Crippen LogP contribution in [0.1, 0.15) is 58.9 Å². The normalized spacial score (nSPS) is 11.9. The summed E-state index contributed by atoms with van der Waals surface area (Å²) in [4.78, 5) is 11.5. The topological polar surface area (TPSA) is 58.6 Å². The highest BCUT2D eigenvalue weighted by Gasteiger charge is 2.16. The highest BCUT2D eigenvalue weighted by Crippen LogP contribution is 2.20. The van der Waals surface area contributed by atoms with Crippen LogP contribution in [0.25, 0.3) is 0 Å². The Labute approximate surface area is 134 Å². The zero-order chi connectivity index (χ0) is 17.0. The predicted molar refractivity (Wildman–Crippen MR) is 91.1 cm³/mol. The zero-order valence-electron chi connectivity index (χ0n) is 14.6. The molecular formula is C18H31NO3. The summed E-state index contributed by atoms with van der Waals surface area (Å²) in [7, 11) is 0. The van der Waals surface area contributed by atoms with Crippen LogP contribution in [-0.2, 0) is 4.74 Å². The Kier molecular flexibility index (Phi) is 10.3. The fourth-order valence-corrected chi connectivity index (χ4v) is 1.94. The number of aliphatic hydroxyl groups excluding tert-OH is 1.